The van der Waals surface area contributed by atoms with Crippen LogP contribution < -0.4 is 5.32 Å². The summed E-state index contributed by atoms with van der Waals surface area (Å²) in [5, 5.41) is 17.1. The average Bonchev–Trinajstić information content (AvgIpc) is 2.76. The molecule has 0 aliphatic rings. The quantitative estimate of drug-likeness (QED) is 0.887. The standard InChI is InChI=1S/C15H21N3O/c1-15(2,3)16-10-13-8-9-17-18(13)11-12-4-6-14(19)7-5-12/h4-9,16,19H,10-11H2,1-3H3. The van der Waals surface area contributed by atoms with Crippen molar-refractivity contribution < 1.29 is 5.11 Å². The van der Waals surface area contributed by atoms with E-state index in [0.717, 1.165) is 17.8 Å². The second-order valence-corrected chi connectivity index (χ2v) is 5.75. The lowest BCUT2D eigenvalue weighted by Gasteiger charge is -2.20. The van der Waals surface area contributed by atoms with Gasteiger partial charge in [0.1, 0.15) is 5.75 Å². The molecule has 0 amide bonds. The minimum Gasteiger partial charge on any atom is -0.508 e. The maximum atomic E-state index is 9.28. The lowest BCUT2D eigenvalue weighted by molar-refractivity contribution is 0.414. The van der Waals surface area contributed by atoms with Gasteiger partial charge in [-0.2, -0.15) is 5.10 Å². The highest BCUT2D eigenvalue weighted by atomic mass is 16.3. The summed E-state index contributed by atoms with van der Waals surface area (Å²) in [6, 6.07) is 9.26. The Morgan fingerprint density at radius 3 is 2.47 bits per heavy atom. The Kier molecular flexibility index (Phi) is 3.90. The molecular weight excluding hydrogens is 238 g/mol. The molecule has 0 aliphatic heterocycles. The van der Waals surface area contributed by atoms with Crippen LogP contribution in [0.1, 0.15) is 32.0 Å². The molecule has 0 spiro atoms. The van der Waals surface area contributed by atoms with Gasteiger partial charge >= 0.3 is 0 Å². The number of hydrogen-bond acceptors (Lipinski definition) is 3. The Hall–Kier alpha value is -1.81. The van der Waals surface area contributed by atoms with Crippen molar-refractivity contribution in [3.63, 3.8) is 0 Å². The molecule has 19 heavy (non-hydrogen) atoms. The molecule has 0 bridgehead atoms. The van der Waals surface area contributed by atoms with Crippen molar-refractivity contribution in [2.24, 2.45) is 0 Å². The van der Waals surface area contributed by atoms with Gasteiger partial charge in [0.05, 0.1) is 12.2 Å². The molecule has 0 radical (unpaired) electrons. The van der Waals surface area contributed by atoms with E-state index in [9.17, 15) is 5.11 Å². The van der Waals surface area contributed by atoms with E-state index >= 15 is 0 Å². The van der Waals surface area contributed by atoms with Crippen LogP contribution in [0.5, 0.6) is 5.75 Å². The first-order valence-electron chi connectivity index (χ1n) is 6.48. The van der Waals surface area contributed by atoms with Crippen molar-refractivity contribution in [3.8, 4) is 5.75 Å². The second-order valence-electron chi connectivity index (χ2n) is 5.75. The first-order valence-corrected chi connectivity index (χ1v) is 6.48. The molecule has 0 fully saturated rings. The number of phenols is 1. The molecule has 0 atom stereocenters. The SMILES string of the molecule is CC(C)(C)NCc1ccnn1Cc1ccc(O)cc1. The zero-order chi connectivity index (χ0) is 13.9. The van der Waals surface area contributed by atoms with Gasteiger partial charge in [-0.3, -0.25) is 4.68 Å². The maximum absolute atomic E-state index is 9.28. The number of hydrogen-bond donors (Lipinski definition) is 2. The van der Waals surface area contributed by atoms with Gasteiger partial charge < -0.3 is 10.4 Å². The van der Waals surface area contributed by atoms with Gasteiger partial charge in [0.25, 0.3) is 0 Å². The van der Waals surface area contributed by atoms with Crippen LogP contribution in [0.25, 0.3) is 0 Å². The van der Waals surface area contributed by atoms with Gasteiger partial charge in [-0.15, -0.1) is 0 Å². The van der Waals surface area contributed by atoms with Crippen LogP contribution in [0.15, 0.2) is 36.5 Å². The Labute approximate surface area is 114 Å². The molecule has 2 rings (SSSR count). The fraction of sp³-hybridized carbons (Fsp3) is 0.400. The Morgan fingerprint density at radius 1 is 1.16 bits per heavy atom. The van der Waals surface area contributed by atoms with Gasteiger partial charge in [-0.25, -0.2) is 0 Å². The first kappa shape index (κ1) is 13.6. The van der Waals surface area contributed by atoms with Crippen molar-refractivity contribution in [2.75, 3.05) is 0 Å². The summed E-state index contributed by atoms with van der Waals surface area (Å²) in [4.78, 5) is 0. The van der Waals surface area contributed by atoms with Gasteiger partial charge in [-0.1, -0.05) is 12.1 Å². The lowest BCUT2D eigenvalue weighted by atomic mass is 10.1. The third-order valence-corrected chi connectivity index (χ3v) is 2.87. The number of nitrogens with one attached hydrogen (secondary N) is 1. The van der Waals surface area contributed by atoms with Crippen molar-refractivity contribution in [1.82, 2.24) is 15.1 Å². The van der Waals surface area contributed by atoms with Gasteiger partial charge in [0.2, 0.25) is 0 Å². The monoisotopic (exact) mass is 259 g/mol. The Bertz CT molecular complexity index is 523. The molecule has 1 aromatic carbocycles. The molecular formula is C15H21N3O. The van der Waals surface area contributed by atoms with E-state index < -0.39 is 0 Å². The first-order chi connectivity index (χ1) is 8.94. The Morgan fingerprint density at radius 2 is 1.84 bits per heavy atom. The Balaban J connectivity index is 2.05. The predicted octanol–water partition coefficient (Wildman–Crippen LogP) is 2.53. The van der Waals surface area contributed by atoms with Crippen molar-refractivity contribution in [1.29, 1.82) is 0 Å². The molecule has 2 aromatic rings. The average molecular weight is 259 g/mol. The summed E-state index contributed by atoms with van der Waals surface area (Å²) < 4.78 is 1.98. The number of phenolic OH excluding ortho intramolecular Hbond substituents is 1. The molecule has 0 saturated heterocycles. The third kappa shape index (κ3) is 4.10. The lowest BCUT2D eigenvalue weighted by Crippen LogP contribution is -2.35. The molecule has 0 unspecified atom stereocenters. The summed E-state index contributed by atoms with van der Waals surface area (Å²) in [6.45, 7) is 7.95. The summed E-state index contributed by atoms with van der Waals surface area (Å²) >= 11 is 0. The van der Waals surface area contributed by atoms with Crippen LogP contribution in [0.3, 0.4) is 0 Å². The highest BCUT2D eigenvalue weighted by Gasteiger charge is 2.10. The topological polar surface area (TPSA) is 50.1 Å². The van der Waals surface area contributed by atoms with E-state index in [0.29, 0.717) is 12.3 Å². The minimum absolute atomic E-state index is 0.0909. The van der Waals surface area contributed by atoms with Crippen molar-refractivity contribution in [3.05, 3.63) is 47.8 Å². The zero-order valence-electron chi connectivity index (χ0n) is 11.7. The summed E-state index contributed by atoms with van der Waals surface area (Å²) in [5.41, 5.74) is 2.37. The summed E-state index contributed by atoms with van der Waals surface area (Å²) in [5.74, 6) is 0.291. The zero-order valence-corrected chi connectivity index (χ0v) is 11.7. The van der Waals surface area contributed by atoms with E-state index in [2.05, 4.69) is 31.2 Å². The van der Waals surface area contributed by atoms with Crippen LogP contribution in [-0.4, -0.2) is 20.4 Å². The van der Waals surface area contributed by atoms with E-state index in [1.807, 2.05) is 29.1 Å². The van der Waals surface area contributed by atoms with Crippen LogP contribution in [0, 0.1) is 0 Å². The highest BCUT2D eigenvalue weighted by molar-refractivity contribution is 5.26. The molecule has 2 N–H and O–H groups in total. The molecule has 0 saturated carbocycles. The highest BCUT2D eigenvalue weighted by Crippen LogP contribution is 2.12. The number of nitrogens with zero attached hydrogens (tertiary/aromatic N) is 2. The second kappa shape index (κ2) is 5.45. The van der Waals surface area contributed by atoms with E-state index in [-0.39, 0.29) is 5.54 Å². The van der Waals surface area contributed by atoms with Gasteiger partial charge in [0, 0.05) is 18.3 Å². The van der Waals surface area contributed by atoms with Crippen LogP contribution in [0.4, 0.5) is 0 Å². The molecule has 4 nitrogen and oxygen atoms in total. The molecule has 1 aromatic heterocycles. The van der Waals surface area contributed by atoms with Gasteiger partial charge in [-0.05, 0) is 44.5 Å². The maximum Gasteiger partial charge on any atom is 0.115 e. The van der Waals surface area contributed by atoms with E-state index in [1.165, 1.54) is 0 Å². The van der Waals surface area contributed by atoms with Gasteiger partial charge in [0.15, 0.2) is 0 Å². The van der Waals surface area contributed by atoms with Crippen LogP contribution in [-0.2, 0) is 13.1 Å². The number of rotatable bonds is 4. The van der Waals surface area contributed by atoms with Crippen molar-refractivity contribution in [2.45, 2.75) is 39.4 Å². The predicted molar refractivity (Wildman–Crippen MR) is 76.0 cm³/mol. The molecule has 1 heterocycles. The number of aromatic hydroxyl groups is 1. The van der Waals surface area contributed by atoms with Crippen LogP contribution in [0.2, 0.25) is 0 Å². The van der Waals surface area contributed by atoms with E-state index in [4.69, 9.17) is 0 Å². The largest absolute Gasteiger partial charge is 0.508 e. The number of aromatic nitrogens is 2. The summed E-state index contributed by atoms with van der Waals surface area (Å²) in [6.07, 6.45) is 1.82. The van der Waals surface area contributed by atoms with Crippen molar-refractivity contribution >= 4 is 0 Å². The third-order valence-electron chi connectivity index (χ3n) is 2.87. The molecule has 102 valence electrons. The minimum atomic E-state index is 0.0909. The summed E-state index contributed by atoms with van der Waals surface area (Å²) in [7, 11) is 0. The molecule has 0 aliphatic carbocycles. The molecule has 4 heteroatoms. The van der Waals surface area contributed by atoms with E-state index in [1.54, 1.807) is 12.1 Å². The number of benzene rings is 1. The smallest absolute Gasteiger partial charge is 0.115 e. The fourth-order valence-corrected chi connectivity index (χ4v) is 1.78. The normalized spacial score (nSPS) is 11.7. The fourth-order valence-electron chi connectivity index (χ4n) is 1.78. The van der Waals surface area contributed by atoms with Crippen LogP contribution >= 0.6 is 0 Å².